The lowest BCUT2D eigenvalue weighted by atomic mass is 10.1. The molecule has 1 aromatic heterocycles. The average molecular weight is 217 g/mol. The van der Waals surface area contributed by atoms with Crippen LogP contribution in [0.1, 0.15) is 12.1 Å². The standard InChI is InChI=1S/C12H11NO3/c14-10-3-1-2-8-6-7-13-9(12(8)10)4-5-11(15)16/h1-3,6-7,14H,4-5H2,(H,15,16). The van der Waals surface area contributed by atoms with Crippen molar-refractivity contribution >= 4 is 16.7 Å². The fourth-order valence-electron chi connectivity index (χ4n) is 1.70. The number of aryl methyl sites for hydroxylation is 1. The van der Waals surface area contributed by atoms with E-state index in [9.17, 15) is 9.90 Å². The largest absolute Gasteiger partial charge is 0.507 e. The highest BCUT2D eigenvalue weighted by Crippen LogP contribution is 2.27. The highest BCUT2D eigenvalue weighted by molar-refractivity contribution is 5.90. The molecule has 0 aliphatic carbocycles. The molecule has 4 heteroatoms. The molecule has 0 fully saturated rings. The third-order valence-corrected chi connectivity index (χ3v) is 2.42. The highest BCUT2D eigenvalue weighted by atomic mass is 16.4. The first-order valence-corrected chi connectivity index (χ1v) is 4.96. The molecule has 0 bridgehead atoms. The number of carboxylic acid groups (broad SMARTS) is 1. The van der Waals surface area contributed by atoms with Crippen LogP contribution in [0.4, 0.5) is 0 Å². The number of hydrogen-bond donors (Lipinski definition) is 2. The van der Waals surface area contributed by atoms with Gasteiger partial charge in [-0.05, 0) is 17.5 Å². The third kappa shape index (κ3) is 1.95. The molecule has 1 heterocycles. The van der Waals surface area contributed by atoms with Gasteiger partial charge in [0.15, 0.2) is 0 Å². The summed E-state index contributed by atoms with van der Waals surface area (Å²) in [7, 11) is 0. The van der Waals surface area contributed by atoms with E-state index in [1.165, 1.54) is 0 Å². The molecule has 1 aromatic carbocycles. The first-order chi connectivity index (χ1) is 7.68. The summed E-state index contributed by atoms with van der Waals surface area (Å²) in [5, 5.41) is 19.9. The molecule has 0 aliphatic heterocycles. The maximum atomic E-state index is 10.5. The predicted molar refractivity (Wildman–Crippen MR) is 59.4 cm³/mol. The summed E-state index contributed by atoms with van der Waals surface area (Å²) in [6.07, 6.45) is 1.96. The maximum absolute atomic E-state index is 10.5. The van der Waals surface area contributed by atoms with Gasteiger partial charge in [0.25, 0.3) is 0 Å². The molecule has 82 valence electrons. The zero-order chi connectivity index (χ0) is 11.5. The summed E-state index contributed by atoms with van der Waals surface area (Å²) >= 11 is 0. The smallest absolute Gasteiger partial charge is 0.303 e. The van der Waals surface area contributed by atoms with Gasteiger partial charge in [0.05, 0.1) is 12.1 Å². The Kier molecular flexibility index (Phi) is 2.72. The zero-order valence-electron chi connectivity index (χ0n) is 8.55. The first-order valence-electron chi connectivity index (χ1n) is 4.96. The third-order valence-electron chi connectivity index (χ3n) is 2.42. The second-order valence-corrected chi connectivity index (χ2v) is 3.53. The van der Waals surface area contributed by atoms with Crippen LogP contribution in [0, 0.1) is 0 Å². The van der Waals surface area contributed by atoms with Crippen molar-refractivity contribution in [3.63, 3.8) is 0 Å². The number of carbonyl (C=O) groups is 1. The molecule has 16 heavy (non-hydrogen) atoms. The summed E-state index contributed by atoms with van der Waals surface area (Å²) in [6, 6.07) is 6.98. The van der Waals surface area contributed by atoms with Crippen molar-refractivity contribution in [2.24, 2.45) is 0 Å². The minimum Gasteiger partial charge on any atom is -0.507 e. The van der Waals surface area contributed by atoms with Gasteiger partial charge in [-0.3, -0.25) is 9.78 Å². The number of aromatic hydroxyl groups is 1. The minimum atomic E-state index is -0.866. The van der Waals surface area contributed by atoms with Gasteiger partial charge in [0.2, 0.25) is 0 Å². The quantitative estimate of drug-likeness (QED) is 0.824. The molecule has 4 nitrogen and oxygen atoms in total. The van der Waals surface area contributed by atoms with Crippen molar-refractivity contribution in [1.82, 2.24) is 4.98 Å². The van der Waals surface area contributed by atoms with Gasteiger partial charge in [-0.2, -0.15) is 0 Å². The maximum Gasteiger partial charge on any atom is 0.303 e. The molecule has 0 unspecified atom stereocenters. The number of aliphatic carboxylic acids is 1. The minimum absolute atomic E-state index is 0.0143. The van der Waals surface area contributed by atoms with Crippen molar-refractivity contribution < 1.29 is 15.0 Å². The first kappa shape index (κ1) is 10.4. The van der Waals surface area contributed by atoms with Crippen LogP contribution < -0.4 is 0 Å². The Morgan fingerprint density at radius 2 is 2.12 bits per heavy atom. The number of rotatable bonds is 3. The van der Waals surface area contributed by atoms with E-state index in [4.69, 9.17) is 5.11 Å². The average Bonchev–Trinajstić information content (AvgIpc) is 2.26. The number of phenols is 1. The van der Waals surface area contributed by atoms with Crippen molar-refractivity contribution in [2.75, 3.05) is 0 Å². The highest BCUT2D eigenvalue weighted by Gasteiger charge is 2.08. The Bertz CT molecular complexity index is 532. The molecule has 0 saturated heterocycles. The van der Waals surface area contributed by atoms with E-state index in [0.29, 0.717) is 17.5 Å². The van der Waals surface area contributed by atoms with E-state index in [-0.39, 0.29) is 12.2 Å². The summed E-state index contributed by atoms with van der Waals surface area (Å²) < 4.78 is 0. The van der Waals surface area contributed by atoms with Crippen LogP contribution in [0.25, 0.3) is 10.8 Å². The van der Waals surface area contributed by atoms with E-state index >= 15 is 0 Å². The lowest BCUT2D eigenvalue weighted by Crippen LogP contribution is -1.99. The molecule has 2 N–H and O–H groups in total. The molecule has 0 aliphatic rings. The van der Waals surface area contributed by atoms with E-state index < -0.39 is 5.97 Å². The molecule has 2 aromatic rings. The van der Waals surface area contributed by atoms with E-state index in [1.54, 1.807) is 24.4 Å². The van der Waals surface area contributed by atoms with Gasteiger partial charge < -0.3 is 10.2 Å². The Hall–Kier alpha value is -2.10. The molecule has 0 radical (unpaired) electrons. The van der Waals surface area contributed by atoms with Crippen molar-refractivity contribution in [3.8, 4) is 5.75 Å². The number of pyridine rings is 1. The van der Waals surface area contributed by atoms with Crippen molar-refractivity contribution in [3.05, 3.63) is 36.2 Å². The number of phenolic OH excluding ortho intramolecular Hbond substituents is 1. The molecular weight excluding hydrogens is 206 g/mol. The van der Waals surface area contributed by atoms with Crippen LogP contribution in [-0.2, 0) is 11.2 Å². The molecule has 0 amide bonds. The molecule has 0 atom stereocenters. The van der Waals surface area contributed by atoms with Gasteiger partial charge in [-0.1, -0.05) is 12.1 Å². The Morgan fingerprint density at radius 3 is 2.88 bits per heavy atom. The monoisotopic (exact) mass is 217 g/mol. The topological polar surface area (TPSA) is 70.4 Å². The fourth-order valence-corrected chi connectivity index (χ4v) is 1.70. The second-order valence-electron chi connectivity index (χ2n) is 3.53. The predicted octanol–water partition coefficient (Wildman–Crippen LogP) is 1.96. The van der Waals surface area contributed by atoms with Crippen LogP contribution in [-0.4, -0.2) is 21.2 Å². The summed E-state index contributed by atoms with van der Waals surface area (Å²) in [4.78, 5) is 14.6. The Morgan fingerprint density at radius 1 is 1.31 bits per heavy atom. The molecule has 2 rings (SSSR count). The lowest BCUT2D eigenvalue weighted by molar-refractivity contribution is -0.136. The summed E-state index contributed by atoms with van der Waals surface area (Å²) in [6.45, 7) is 0. The second kappa shape index (κ2) is 4.18. The Labute approximate surface area is 92.2 Å². The van der Waals surface area contributed by atoms with Gasteiger partial charge >= 0.3 is 5.97 Å². The molecule has 0 saturated carbocycles. The number of benzene rings is 1. The van der Waals surface area contributed by atoms with Gasteiger partial charge in [-0.15, -0.1) is 0 Å². The van der Waals surface area contributed by atoms with Gasteiger partial charge in [0, 0.05) is 18.0 Å². The van der Waals surface area contributed by atoms with E-state index in [2.05, 4.69) is 4.98 Å². The van der Waals surface area contributed by atoms with Crippen molar-refractivity contribution in [2.45, 2.75) is 12.8 Å². The van der Waals surface area contributed by atoms with Crippen LogP contribution in [0.15, 0.2) is 30.5 Å². The normalized spacial score (nSPS) is 10.5. The van der Waals surface area contributed by atoms with E-state index in [0.717, 1.165) is 5.39 Å². The number of fused-ring (bicyclic) bond motifs is 1. The number of aromatic nitrogens is 1. The van der Waals surface area contributed by atoms with Crippen LogP contribution >= 0.6 is 0 Å². The fraction of sp³-hybridized carbons (Fsp3) is 0.167. The summed E-state index contributed by atoms with van der Waals surface area (Å²) in [5.41, 5.74) is 0.623. The SMILES string of the molecule is O=C(O)CCc1nccc2cccc(O)c12. The molecular formula is C12H11NO3. The van der Waals surface area contributed by atoms with Gasteiger partial charge in [-0.25, -0.2) is 0 Å². The van der Waals surface area contributed by atoms with Gasteiger partial charge in [0.1, 0.15) is 5.75 Å². The van der Waals surface area contributed by atoms with Crippen molar-refractivity contribution in [1.29, 1.82) is 0 Å². The van der Waals surface area contributed by atoms with E-state index in [1.807, 2.05) is 6.07 Å². The number of hydrogen-bond acceptors (Lipinski definition) is 3. The zero-order valence-corrected chi connectivity index (χ0v) is 8.55. The van der Waals surface area contributed by atoms with Crippen LogP contribution in [0.5, 0.6) is 5.75 Å². The van der Waals surface area contributed by atoms with Crippen LogP contribution in [0.2, 0.25) is 0 Å². The lowest BCUT2D eigenvalue weighted by Gasteiger charge is -2.05. The van der Waals surface area contributed by atoms with Crippen LogP contribution in [0.3, 0.4) is 0 Å². The Balaban J connectivity index is 2.48. The number of carboxylic acids is 1. The molecule has 0 spiro atoms. The summed E-state index contributed by atoms with van der Waals surface area (Å²) in [5.74, 6) is -0.722. The number of nitrogens with zero attached hydrogens (tertiary/aromatic N) is 1.